The second-order valence-corrected chi connectivity index (χ2v) is 7.13. The number of benzene rings is 2. The molecule has 0 aliphatic heterocycles. The Morgan fingerprint density at radius 3 is 2.68 bits per heavy atom. The Labute approximate surface area is 164 Å². The van der Waals surface area contributed by atoms with Gasteiger partial charge >= 0.3 is 0 Å². The van der Waals surface area contributed by atoms with Crippen molar-refractivity contribution in [2.45, 2.75) is 31.7 Å². The van der Waals surface area contributed by atoms with Crippen molar-refractivity contribution in [3.05, 3.63) is 88.2 Å². The first-order valence-corrected chi connectivity index (χ1v) is 9.69. The highest BCUT2D eigenvalue weighted by Gasteiger charge is 2.23. The van der Waals surface area contributed by atoms with E-state index < -0.39 is 0 Å². The molecule has 1 heterocycles. The molecule has 1 aliphatic rings. The minimum absolute atomic E-state index is 0.0222. The van der Waals surface area contributed by atoms with E-state index in [1.165, 1.54) is 21.9 Å². The second kappa shape index (κ2) is 8.21. The smallest absolute Gasteiger partial charge is 0.266 e. The van der Waals surface area contributed by atoms with Crippen LogP contribution in [0.15, 0.2) is 71.5 Å². The maximum Gasteiger partial charge on any atom is 0.266 e. The summed E-state index contributed by atoms with van der Waals surface area (Å²) in [5.41, 5.74) is 4.19. The van der Waals surface area contributed by atoms with E-state index >= 15 is 0 Å². The van der Waals surface area contributed by atoms with Gasteiger partial charge in [0.2, 0.25) is 5.91 Å². The number of fused-ring (bicyclic) bond motifs is 1. The number of aryl methyl sites for hydroxylation is 1. The average molecular weight is 373 g/mol. The maximum atomic E-state index is 12.4. The molecular weight excluding hydrogens is 350 g/mol. The summed E-state index contributed by atoms with van der Waals surface area (Å²) in [6.07, 6.45) is 2.55. The molecule has 142 valence electrons. The minimum atomic E-state index is -0.168. The summed E-state index contributed by atoms with van der Waals surface area (Å²) in [7, 11) is 0. The first-order valence-electron chi connectivity index (χ1n) is 9.69. The first-order chi connectivity index (χ1) is 13.7. The molecule has 4 rings (SSSR count). The molecule has 28 heavy (non-hydrogen) atoms. The summed E-state index contributed by atoms with van der Waals surface area (Å²) in [4.78, 5) is 24.4. The Morgan fingerprint density at radius 2 is 1.82 bits per heavy atom. The van der Waals surface area contributed by atoms with Crippen molar-refractivity contribution in [2.75, 3.05) is 6.54 Å². The van der Waals surface area contributed by atoms with Crippen LogP contribution in [-0.4, -0.2) is 22.2 Å². The summed E-state index contributed by atoms with van der Waals surface area (Å²) in [6.45, 7) is 0.741. The summed E-state index contributed by atoms with van der Waals surface area (Å²) in [6, 6.07) is 21.3. The van der Waals surface area contributed by atoms with Gasteiger partial charge in [-0.1, -0.05) is 54.6 Å². The Morgan fingerprint density at radius 1 is 1.04 bits per heavy atom. The number of nitrogens with zero attached hydrogens (tertiary/aromatic N) is 2. The summed E-state index contributed by atoms with van der Waals surface area (Å²) >= 11 is 0. The van der Waals surface area contributed by atoms with Crippen molar-refractivity contribution >= 4 is 5.91 Å². The van der Waals surface area contributed by atoms with Crippen LogP contribution in [0.2, 0.25) is 0 Å². The number of hydrogen-bond donors (Lipinski definition) is 1. The zero-order valence-electron chi connectivity index (χ0n) is 15.7. The third kappa shape index (κ3) is 4.03. The molecule has 0 saturated heterocycles. The molecule has 0 fully saturated rings. The van der Waals surface area contributed by atoms with Gasteiger partial charge in [0.25, 0.3) is 5.56 Å². The lowest BCUT2D eigenvalue weighted by atomic mass is 9.97. The van der Waals surface area contributed by atoms with Crippen LogP contribution >= 0.6 is 0 Å². The highest BCUT2D eigenvalue weighted by atomic mass is 16.1. The van der Waals surface area contributed by atoms with Crippen LogP contribution < -0.4 is 10.9 Å². The van der Waals surface area contributed by atoms with Crippen LogP contribution in [-0.2, 0) is 17.8 Å². The Balaban J connectivity index is 1.34. The molecule has 3 aromatic rings. The Bertz CT molecular complexity index is 1030. The highest BCUT2D eigenvalue weighted by Crippen LogP contribution is 2.34. The molecule has 1 atom stereocenters. The largest absolute Gasteiger partial charge is 0.354 e. The lowest BCUT2D eigenvalue weighted by Crippen LogP contribution is -2.32. The molecule has 0 spiro atoms. The highest BCUT2D eigenvalue weighted by molar-refractivity contribution is 5.77. The minimum Gasteiger partial charge on any atom is -0.354 e. The Hall–Kier alpha value is -3.21. The molecule has 1 N–H and O–H groups in total. The van der Waals surface area contributed by atoms with Gasteiger partial charge in [-0.2, -0.15) is 5.10 Å². The predicted octanol–water partition coefficient (Wildman–Crippen LogP) is 3.15. The van der Waals surface area contributed by atoms with E-state index in [-0.39, 0.29) is 11.5 Å². The zero-order valence-corrected chi connectivity index (χ0v) is 15.7. The number of carbonyl (C=O) groups excluding carboxylic acids is 1. The van der Waals surface area contributed by atoms with Gasteiger partial charge in [0, 0.05) is 24.6 Å². The van der Waals surface area contributed by atoms with Gasteiger partial charge in [0.15, 0.2) is 0 Å². The van der Waals surface area contributed by atoms with Crippen LogP contribution in [0.25, 0.3) is 11.3 Å². The fraction of sp³-hybridized carbons (Fsp3) is 0.261. The summed E-state index contributed by atoms with van der Waals surface area (Å²) in [5.74, 6) is 0.312. The van der Waals surface area contributed by atoms with E-state index in [0.717, 1.165) is 24.1 Å². The average Bonchev–Trinajstić information content (AvgIpc) is 3.13. The SMILES string of the molecule is O=C(CC1CCc2ccccc21)NCCn1nc(-c2ccccc2)ccc1=O. The van der Waals surface area contributed by atoms with E-state index in [1.54, 1.807) is 6.07 Å². The number of carbonyl (C=O) groups is 1. The van der Waals surface area contributed by atoms with Crippen molar-refractivity contribution in [2.24, 2.45) is 0 Å². The van der Waals surface area contributed by atoms with Crippen molar-refractivity contribution in [1.29, 1.82) is 0 Å². The van der Waals surface area contributed by atoms with Crippen LogP contribution in [0, 0.1) is 0 Å². The van der Waals surface area contributed by atoms with Crippen molar-refractivity contribution in [3.63, 3.8) is 0 Å². The third-order valence-corrected chi connectivity index (χ3v) is 5.27. The third-order valence-electron chi connectivity index (χ3n) is 5.27. The molecule has 0 bridgehead atoms. The van der Waals surface area contributed by atoms with E-state index in [0.29, 0.717) is 25.4 Å². The van der Waals surface area contributed by atoms with E-state index in [4.69, 9.17) is 0 Å². The molecule has 5 heteroatoms. The van der Waals surface area contributed by atoms with E-state index in [2.05, 4.69) is 28.6 Å². The van der Waals surface area contributed by atoms with Gasteiger partial charge in [-0.05, 0) is 36.0 Å². The number of nitrogens with one attached hydrogen (secondary N) is 1. The summed E-state index contributed by atoms with van der Waals surface area (Å²) < 4.78 is 1.41. The summed E-state index contributed by atoms with van der Waals surface area (Å²) in [5, 5.41) is 7.36. The molecule has 5 nitrogen and oxygen atoms in total. The van der Waals surface area contributed by atoms with Crippen LogP contribution in [0.5, 0.6) is 0 Å². The molecule has 1 aromatic heterocycles. The molecular formula is C23H23N3O2. The normalized spacial score (nSPS) is 15.2. The van der Waals surface area contributed by atoms with Gasteiger partial charge in [-0.15, -0.1) is 0 Å². The molecule has 2 aromatic carbocycles. The number of hydrogen-bond acceptors (Lipinski definition) is 3. The number of rotatable bonds is 6. The van der Waals surface area contributed by atoms with Crippen molar-refractivity contribution in [1.82, 2.24) is 15.1 Å². The first kappa shape index (κ1) is 18.2. The zero-order chi connectivity index (χ0) is 19.3. The maximum absolute atomic E-state index is 12.4. The molecule has 0 saturated carbocycles. The molecule has 1 amide bonds. The molecule has 0 radical (unpaired) electrons. The van der Waals surface area contributed by atoms with Gasteiger partial charge in [0.1, 0.15) is 0 Å². The topological polar surface area (TPSA) is 64.0 Å². The van der Waals surface area contributed by atoms with Crippen LogP contribution in [0.4, 0.5) is 0 Å². The number of aromatic nitrogens is 2. The fourth-order valence-corrected chi connectivity index (χ4v) is 3.83. The van der Waals surface area contributed by atoms with Gasteiger partial charge in [-0.3, -0.25) is 9.59 Å². The van der Waals surface area contributed by atoms with E-state index in [9.17, 15) is 9.59 Å². The monoisotopic (exact) mass is 373 g/mol. The van der Waals surface area contributed by atoms with Crippen LogP contribution in [0.3, 0.4) is 0 Å². The van der Waals surface area contributed by atoms with Gasteiger partial charge < -0.3 is 5.32 Å². The van der Waals surface area contributed by atoms with Gasteiger partial charge in [-0.25, -0.2) is 4.68 Å². The van der Waals surface area contributed by atoms with E-state index in [1.807, 2.05) is 36.4 Å². The van der Waals surface area contributed by atoms with Crippen molar-refractivity contribution in [3.8, 4) is 11.3 Å². The predicted molar refractivity (Wildman–Crippen MR) is 109 cm³/mol. The Kier molecular flexibility index (Phi) is 5.33. The van der Waals surface area contributed by atoms with Gasteiger partial charge in [0.05, 0.1) is 12.2 Å². The van der Waals surface area contributed by atoms with Crippen molar-refractivity contribution < 1.29 is 4.79 Å². The standard InChI is InChI=1S/C23H23N3O2/c27-22(16-19-11-10-17-6-4-5-9-20(17)19)24-14-15-26-23(28)13-12-21(25-26)18-7-2-1-3-8-18/h1-9,12-13,19H,10-11,14-16H2,(H,24,27). The quantitative estimate of drug-likeness (QED) is 0.722. The lowest BCUT2D eigenvalue weighted by molar-refractivity contribution is -0.121. The second-order valence-electron chi connectivity index (χ2n) is 7.13. The fourth-order valence-electron chi connectivity index (χ4n) is 3.83. The molecule has 1 unspecified atom stereocenters. The molecule has 1 aliphatic carbocycles. The number of amides is 1. The van der Waals surface area contributed by atoms with Crippen LogP contribution in [0.1, 0.15) is 29.9 Å². The lowest BCUT2D eigenvalue weighted by Gasteiger charge is -2.12.